The molecule has 2 aromatic heterocycles. The number of hydrogen-bond donors (Lipinski definition) is 0. The molecule has 0 N–H and O–H groups in total. The van der Waals surface area contributed by atoms with Crippen LogP contribution in [0.5, 0.6) is 0 Å². The van der Waals surface area contributed by atoms with Crippen LogP contribution in [0.4, 0.5) is 0 Å². The van der Waals surface area contributed by atoms with Crippen molar-refractivity contribution < 1.29 is 4.42 Å². The highest BCUT2D eigenvalue weighted by molar-refractivity contribution is 6.07. The summed E-state index contributed by atoms with van der Waals surface area (Å²) >= 11 is 0. The molecule has 2 aliphatic carbocycles. The molecule has 0 saturated carbocycles. The van der Waals surface area contributed by atoms with E-state index in [2.05, 4.69) is 188 Å². The molecule has 10 aromatic carbocycles. The molecule has 0 radical (unpaired) electrons. The third-order valence-corrected chi connectivity index (χ3v) is 14.2. The van der Waals surface area contributed by atoms with Crippen LogP contribution in [0.15, 0.2) is 241 Å². The highest BCUT2D eigenvalue weighted by Crippen LogP contribution is 2.64. The van der Waals surface area contributed by atoms with E-state index < -0.39 is 0 Å². The van der Waals surface area contributed by atoms with Gasteiger partial charge in [0.25, 0.3) is 0 Å². The molecular formula is C64H39N3O. The summed E-state index contributed by atoms with van der Waals surface area (Å²) < 4.78 is 6.33. The Kier molecular flexibility index (Phi) is 8.46. The van der Waals surface area contributed by atoms with Crippen molar-refractivity contribution in [3.8, 4) is 89.8 Å². The monoisotopic (exact) mass is 865 g/mol. The lowest BCUT2D eigenvalue weighted by molar-refractivity contribution is 0.669. The van der Waals surface area contributed by atoms with Gasteiger partial charge < -0.3 is 4.42 Å². The van der Waals surface area contributed by atoms with Crippen LogP contribution in [0.1, 0.15) is 22.3 Å². The van der Waals surface area contributed by atoms with E-state index in [1.54, 1.807) is 0 Å². The van der Waals surface area contributed by atoms with E-state index in [4.69, 9.17) is 19.4 Å². The molecule has 0 fully saturated rings. The van der Waals surface area contributed by atoms with Crippen LogP contribution in [-0.4, -0.2) is 15.0 Å². The Hall–Kier alpha value is -8.99. The molecule has 316 valence electrons. The van der Waals surface area contributed by atoms with Crippen LogP contribution >= 0.6 is 0 Å². The Morgan fingerprint density at radius 3 is 1.32 bits per heavy atom. The second-order valence-corrected chi connectivity index (χ2v) is 17.8. The van der Waals surface area contributed by atoms with Crippen LogP contribution in [0, 0.1) is 0 Å². The van der Waals surface area contributed by atoms with Gasteiger partial charge in [0.15, 0.2) is 17.5 Å². The summed E-state index contributed by atoms with van der Waals surface area (Å²) in [7, 11) is 0. The lowest BCUT2D eigenvalue weighted by Crippen LogP contribution is -2.25. The number of hydrogen-bond acceptors (Lipinski definition) is 4. The molecule has 68 heavy (non-hydrogen) atoms. The average Bonchev–Trinajstić information content (AvgIpc) is 4.05. The Balaban J connectivity index is 0.848. The number of furan rings is 1. The van der Waals surface area contributed by atoms with Crippen LogP contribution in [0.25, 0.3) is 112 Å². The molecule has 2 aliphatic rings. The first-order chi connectivity index (χ1) is 33.7. The van der Waals surface area contributed by atoms with Crippen molar-refractivity contribution in [3.05, 3.63) is 259 Å². The highest BCUT2D eigenvalue weighted by Gasteiger charge is 2.51. The first-order valence-electron chi connectivity index (χ1n) is 23.2. The van der Waals surface area contributed by atoms with Gasteiger partial charge in [0.2, 0.25) is 0 Å². The molecule has 0 saturated heterocycles. The fraction of sp³-hybridized carbons (Fsp3) is 0.0156. The molecular weight excluding hydrogens is 827 g/mol. The van der Waals surface area contributed by atoms with E-state index in [9.17, 15) is 0 Å². The quantitative estimate of drug-likeness (QED) is 0.167. The Bertz CT molecular complexity index is 3920. The summed E-state index contributed by atoms with van der Waals surface area (Å²) in [4.78, 5) is 15.4. The second kappa shape index (κ2) is 15.0. The van der Waals surface area contributed by atoms with E-state index in [1.165, 1.54) is 55.6 Å². The van der Waals surface area contributed by atoms with Crippen LogP contribution in [0.2, 0.25) is 0 Å². The first kappa shape index (κ1) is 38.3. The van der Waals surface area contributed by atoms with E-state index in [-0.39, 0.29) is 5.41 Å². The molecule has 0 unspecified atom stereocenters. The zero-order valence-electron chi connectivity index (χ0n) is 36.8. The standard InChI is InChI=1S/C64H39N3O/c1-3-15-40(16-4-1)45-33-35-58-52(38-45)53-39-47(34-36-59(53)68-58)63-66-61(43-17-5-2-6-18-43)65-62(67-63)46-20-13-19-44(37-46)41-29-31-42(32-30-41)48-24-14-28-57-60(48)51-23-9-12-27-56(51)64(57)54-25-10-7-21-49(54)50-22-8-11-26-55(50)64/h1-39H. The normalized spacial score (nSPS) is 12.8. The van der Waals surface area contributed by atoms with E-state index >= 15 is 0 Å². The zero-order valence-corrected chi connectivity index (χ0v) is 36.8. The third-order valence-electron chi connectivity index (χ3n) is 14.2. The average molecular weight is 866 g/mol. The largest absolute Gasteiger partial charge is 0.456 e. The summed E-state index contributed by atoms with van der Waals surface area (Å²) in [6.45, 7) is 0. The molecule has 4 heteroatoms. The lowest BCUT2D eigenvalue weighted by atomic mass is 9.70. The SMILES string of the molecule is c1ccc(-c2ccc3oc4ccc(-c5nc(-c6ccccc6)nc(-c6cccc(-c7ccc(-c8cccc9c8-c8ccccc8C98c9ccccc9-c9ccccc98)cc7)c6)n5)cc4c3c2)cc1. The van der Waals surface area contributed by atoms with Gasteiger partial charge in [-0.3, -0.25) is 0 Å². The molecule has 1 spiro atoms. The van der Waals surface area contributed by atoms with Crippen molar-refractivity contribution in [2.75, 3.05) is 0 Å². The first-order valence-corrected chi connectivity index (χ1v) is 23.2. The maximum Gasteiger partial charge on any atom is 0.164 e. The number of fused-ring (bicyclic) bond motifs is 13. The minimum Gasteiger partial charge on any atom is -0.456 e. The molecule has 14 rings (SSSR count). The van der Waals surface area contributed by atoms with Gasteiger partial charge in [-0.05, 0) is 114 Å². The summed E-state index contributed by atoms with van der Waals surface area (Å²) in [5.41, 5.74) is 21.5. The molecule has 0 bridgehead atoms. The molecule has 12 aromatic rings. The van der Waals surface area contributed by atoms with E-state index in [0.29, 0.717) is 17.5 Å². The van der Waals surface area contributed by atoms with Crippen LogP contribution in [-0.2, 0) is 5.41 Å². The molecule has 0 aliphatic heterocycles. The summed E-state index contributed by atoms with van der Waals surface area (Å²) in [5, 5.41) is 2.07. The van der Waals surface area contributed by atoms with Crippen molar-refractivity contribution in [2.45, 2.75) is 5.41 Å². The number of benzene rings is 10. The Labute approximate surface area is 393 Å². The number of nitrogens with zero attached hydrogens (tertiary/aromatic N) is 3. The van der Waals surface area contributed by atoms with Crippen molar-refractivity contribution in [2.24, 2.45) is 0 Å². The fourth-order valence-electron chi connectivity index (χ4n) is 11.1. The molecule has 4 nitrogen and oxygen atoms in total. The fourth-order valence-corrected chi connectivity index (χ4v) is 11.1. The predicted octanol–water partition coefficient (Wildman–Crippen LogP) is 16.1. The number of aromatic nitrogens is 3. The topological polar surface area (TPSA) is 51.8 Å². The molecule has 2 heterocycles. The molecule has 0 atom stereocenters. The van der Waals surface area contributed by atoms with Gasteiger partial charge in [0.05, 0.1) is 5.41 Å². The van der Waals surface area contributed by atoms with Gasteiger partial charge >= 0.3 is 0 Å². The summed E-state index contributed by atoms with van der Waals surface area (Å²) in [6.07, 6.45) is 0. The van der Waals surface area contributed by atoms with Gasteiger partial charge in [-0.15, -0.1) is 0 Å². The maximum absolute atomic E-state index is 6.33. The van der Waals surface area contributed by atoms with Crippen molar-refractivity contribution >= 4 is 21.9 Å². The Morgan fingerprint density at radius 1 is 0.265 bits per heavy atom. The van der Waals surface area contributed by atoms with Crippen molar-refractivity contribution in [1.29, 1.82) is 0 Å². The summed E-state index contributed by atoms with van der Waals surface area (Å²) in [5.74, 6) is 1.83. The summed E-state index contributed by atoms with van der Waals surface area (Å²) in [6, 6.07) is 84.6. The van der Waals surface area contributed by atoms with Gasteiger partial charge in [-0.1, -0.05) is 200 Å². The van der Waals surface area contributed by atoms with Crippen molar-refractivity contribution in [1.82, 2.24) is 15.0 Å². The van der Waals surface area contributed by atoms with Crippen LogP contribution < -0.4 is 0 Å². The Morgan fingerprint density at radius 2 is 0.662 bits per heavy atom. The molecule has 0 amide bonds. The maximum atomic E-state index is 6.33. The van der Waals surface area contributed by atoms with Gasteiger partial charge in [-0.2, -0.15) is 0 Å². The van der Waals surface area contributed by atoms with E-state index in [0.717, 1.165) is 60.9 Å². The van der Waals surface area contributed by atoms with Gasteiger partial charge in [0.1, 0.15) is 11.2 Å². The van der Waals surface area contributed by atoms with Gasteiger partial charge in [0, 0.05) is 27.5 Å². The zero-order chi connectivity index (χ0) is 44.8. The van der Waals surface area contributed by atoms with Crippen LogP contribution in [0.3, 0.4) is 0 Å². The smallest absolute Gasteiger partial charge is 0.164 e. The highest BCUT2D eigenvalue weighted by atomic mass is 16.3. The van der Waals surface area contributed by atoms with Gasteiger partial charge in [-0.25, -0.2) is 15.0 Å². The van der Waals surface area contributed by atoms with Crippen molar-refractivity contribution in [3.63, 3.8) is 0 Å². The predicted molar refractivity (Wildman–Crippen MR) is 276 cm³/mol. The lowest BCUT2D eigenvalue weighted by Gasteiger charge is -2.30. The minimum atomic E-state index is -0.377. The third kappa shape index (κ3) is 5.77. The minimum absolute atomic E-state index is 0.377. The second-order valence-electron chi connectivity index (χ2n) is 17.8. The van der Waals surface area contributed by atoms with E-state index in [1.807, 2.05) is 48.5 Å². The number of rotatable bonds is 6.